The summed E-state index contributed by atoms with van der Waals surface area (Å²) in [4.78, 5) is 12.6. The second-order valence-corrected chi connectivity index (χ2v) is 15.9. The van der Waals surface area contributed by atoms with Crippen LogP contribution < -0.4 is 5.32 Å². The Morgan fingerprint density at radius 2 is 0.766 bits per heavy atom. The topological polar surface area (TPSA) is 124 Å². The van der Waals surface area contributed by atoms with E-state index < -0.39 is 40.0 Å². The summed E-state index contributed by atoms with van der Waals surface area (Å²) in [6, 6.07) is -1.14. The Hall–Kier alpha value is -0.700. The van der Waals surface area contributed by atoms with Gasteiger partial charge in [0, 0.05) is 0 Å². The third kappa shape index (κ3) is 33.6. The monoisotopic (exact) mass is 690 g/mol. The van der Waals surface area contributed by atoms with E-state index in [1.807, 2.05) is 0 Å². The van der Waals surface area contributed by atoms with E-state index >= 15 is 0 Å². The van der Waals surface area contributed by atoms with Crippen molar-refractivity contribution in [2.75, 3.05) is 5.75 Å². The van der Waals surface area contributed by atoms with Gasteiger partial charge in [0.15, 0.2) is 0 Å². The van der Waals surface area contributed by atoms with E-state index in [0.717, 1.165) is 44.9 Å². The fraction of sp³-hybridized carbons (Fsp3) is 0.974. The lowest BCUT2D eigenvalue weighted by molar-refractivity contribution is -0.131. The molecule has 0 aromatic heterocycles. The zero-order valence-electron chi connectivity index (χ0n) is 31.0. The normalized spacial score (nSPS) is 13.9. The van der Waals surface area contributed by atoms with Crippen molar-refractivity contribution in [3.05, 3.63) is 0 Å². The van der Waals surface area contributed by atoms with Crippen LogP contribution in [0.25, 0.3) is 0 Å². The van der Waals surface area contributed by atoms with Gasteiger partial charge in [-0.15, -0.1) is 0 Å². The number of nitrogens with one attached hydrogen (secondary N) is 1. The molecule has 0 aliphatic heterocycles. The van der Waals surface area contributed by atoms with Gasteiger partial charge in [0.25, 0.3) is 10.1 Å². The molecule has 0 aliphatic carbocycles. The van der Waals surface area contributed by atoms with E-state index in [1.54, 1.807) is 0 Å². The number of aliphatic hydroxyl groups excluding tert-OH is 2. The predicted molar refractivity (Wildman–Crippen MR) is 199 cm³/mol. The maximum atomic E-state index is 12.6. The summed E-state index contributed by atoms with van der Waals surface area (Å²) in [7, 11) is -4.40. The van der Waals surface area contributed by atoms with Crippen molar-refractivity contribution in [2.24, 2.45) is 0 Å². The van der Waals surface area contributed by atoms with Gasteiger partial charge in [-0.3, -0.25) is 9.35 Å². The molecule has 0 aromatic rings. The number of hydrogen-bond acceptors (Lipinski definition) is 5. The third-order valence-electron chi connectivity index (χ3n) is 9.67. The van der Waals surface area contributed by atoms with Gasteiger partial charge in [0.05, 0.1) is 17.9 Å². The molecule has 7 nitrogen and oxygen atoms in total. The molecule has 47 heavy (non-hydrogen) atoms. The van der Waals surface area contributed by atoms with E-state index in [2.05, 4.69) is 19.2 Å². The Morgan fingerprint density at radius 1 is 0.489 bits per heavy atom. The summed E-state index contributed by atoms with van der Waals surface area (Å²) in [6.07, 6.45) is 35.4. The lowest BCUT2D eigenvalue weighted by Gasteiger charge is -2.24. The standard InChI is InChI=1S/C39H79NO6S/c1-3-5-7-9-11-13-15-17-19-20-22-24-26-28-30-32-34-38(42)39(43)40-36(35-47(44,45)46)37(41)33-31-29-27-25-23-21-18-16-14-12-10-8-6-4-2/h36-38,41-42H,3-35H2,1-2H3,(H,40,43)(H,44,45,46). The van der Waals surface area contributed by atoms with Crippen LogP contribution in [0.5, 0.6) is 0 Å². The van der Waals surface area contributed by atoms with Crippen LogP contribution in [-0.2, 0) is 14.9 Å². The van der Waals surface area contributed by atoms with Gasteiger partial charge < -0.3 is 15.5 Å². The maximum absolute atomic E-state index is 12.6. The number of amides is 1. The van der Waals surface area contributed by atoms with Crippen molar-refractivity contribution in [3.63, 3.8) is 0 Å². The molecule has 0 heterocycles. The Labute approximate surface area is 292 Å². The highest BCUT2D eigenvalue weighted by Gasteiger charge is 2.28. The highest BCUT2D eigenvalue weighted by molar-refractivity contribution is 7.85. The number of unbranched alkanes of at least 4 members (excludes halogenated alkanes) is 28. The summed E-state index contributed by atoms with van der Waals surface area (Å²) >= 11 is 0. The molecule has 0 saturated carbocycles. The van der Waals surface area contributed by atoms with Gasteiger partial charge in [0.1, 0.15) is 6.10 Å². The van der Waals surface area contributed by atoms with Crippen molar-refractivity contribution in [3.8, 4) is 0 Å². The summed E-state index contributed by atoms with van der Waals surface area (Å²) in [6.45, 7) is 4.51. The van der Waals surface area contributed by atoms with Crippen molar-refractivity contribution in [1.82, 2.24) is 5.32 Å². The average molecular weight is 690 g/mol. The van der Waals surface area contributed by atoms with Crippen LogP contribution in [0.1, 0.15) is 219 Å². The molecule has 0 radical (unpaired) electrons. The molecule has 282 valence electrons. The van der Waals surface area contributed by atoms with Crippen molar-refractivity contribution in [2.45, 2.75) is 238 Å². The van der Waals surface area contributed by atoms with E-state index in [4.69, 9.17) is 0 Å². The Morgan fingerprint density at radius 3 is 1.06 bits per heavy atom. The van der Waals surface area contributed by atoms with Crippen LogP contribution in [-0.4, -0.2) is 53.1 Å². The molecule has 8 heteroatoms. The molecule has 0 aliphatic rings. The van der Waals surface area contributed by atoms with Crippen LogP contribution in [0.4, 0.5) is 0 Å². The van der Waals surface area contributed by atoms with Gasteiger partial charge in [0.2, 0.25) is 5.91 Å². The summed E-state index contributed by atoms with van der Waals surface area (Å²) < 4.78 is 32.5. The first-order valence-corrected chi connectivity index (χ1v) is 21.9. The molecule has 4 N–H and O–H groups in total. The Kier molecular flexibility index (Phi) is 33.3. The molecule has 1 amide bonds. The van der Waals surface area contributed by atoms with Crippen LogP contribution in [0.2, 0.25) is 0 Å². The lowest BCUT2D eigenvalue weighted by Crippen LogP contribution is -2.50. The molecular formula is C39H79NO6S. The largest absolute Gasteiger partial charge is 0.391 e. The maximum Gasteiger partial charge on any atom is 0.266 e. The molecule has 0 bridgehead atoms. The molecule has 3 unspecified atom stereocenters. The van der Waals surface area contributed by atoms with Crippen LogP contribution in [0, 0.1) is 0 Å². The van der Waals surface area contributed by atoms with E-state index in [-0.39, 0.29) is 0 Å². The third-order valence-corrected chi connectivity index (χ3v) is 10.4. The number of hydrogen-bond donors (Lipinski definition) is 4. The van der Waals surface area contributed by atoms with Crippen molar-refractivity contribution in [1.29, 1.82) is 0 Å². The Balaban J connectivity index is 3.96. The summed E-state index contributed by atoms with van der Waals surface area (Å²) in [5.41, 5.74) is 0. The summed E-state index contributed by atoms with van der Waals surface area (Å²) in [5.74, 6) is -1.44. The van der Waals surface area contributed by atoms with Crippen LogP contribution in [0.15, 0.2) is 0 Å². The fourth-order valence-electron chi connectivity index (χ4n) is 6.52. The van der Waals surface area contributed by atoms with Gasteiger partial charge in [-0.2, -0.15) is 8.42 Å². The second-order valence-electron chi connectivity index (χ2n) is 14.4. The lowest BCUT2D eigenvalue weighted by atomic mass is 10.0. The summed E-state index contributed by atoms with van der Waals surface area (Å²) in [5, 5.41) is 23.5. The zero-order chi connectivity index (χ0) is 34.9. The minimum absolute atomic E-state index is 0.303. The van der Waals surface area contributed by atoms with Crippen LogP contribution >= 0.6 is 0 Å². The van der Waals surface area contributed by atoms with E-state index in [9.17, 15) is 28.0 Å². The van der Waals surface area contributed by atoms with Crippen molar-refractivity contribution >= 4 is 16.0 Å². The van der Waals surface area contributed by atoms with Crippen molar-refractivity contribution < 1.29 is 28.0 Å². The predicted octanol–water partition coefficient (Wildman–Crippen LogP) is 10.6. The van der Waals surface area contributed by atoms with Gasteiger partial charge in [-0.05, 0) is 12.8 Å². The Bertz CT molecular complexity index is 777. The minimum Gasteiger partial charge on any atom is -0.391 e. The quantitative estimate of drug-likeness (QED) is 0.0380. The molecule has 0 spiro atoms. The first kappa shape index (κ1) is 46.3. The first-order valence-electron chi connectivity index (χ1n) is 20.3. The van der Waals surface area contributed by atoms with Gasteiger partial charge in [-0.1, -0.05) is 206 Å². The zero-order valence-corrected chi connectivity index (χ0v) is 31.9. The molecule has 0 aromatic carbocycles. The van der Waals surface area contributed by atoms with Gasteiger partial charge >= 0.3 is 0 Å². The molecule has 0 saturated heterocycles. The highest BCUT2D eigenvalue weighted by atomic mass is 32.2. The average Bonchev–Trinajstić information content (AvgIpc) is 3.03. The fourth-order valence-corrected chi connectivity index (χ4v) is 7.28. The number of carbonyl (C=O) groups is 1. The van der Waals surface area contributed by atoms with E-state index in [0.29, 0.717) is 12.8 Å². The number of aliphatic hydroxyl groups is 2. The molecule has 0 rings (SSSR count). The smallest absolute Gasteiger partial charge is 0.266 e. The van der Waals surface area contributed by atoms with E-state index in [1.165, 1.54) is 148 Å². The highest BCUT2D eigenvalue weighted by Crippen LogP contribution is 2.17. The minimum atomic E-state index is -4.40. The van der Waals surface area contributed by atoms with Crippen LogP contribution in [0.3, 0.4) is 0 Å². The molecule has 0 fully saturated rings. The first-order chi connectivity index (χ1) is 22.7. The number of carbonyl (C=O) groups excluding carboxylic acids is 1. The number of rotatable bonds is 37. The molecular weight excluding hydrogens is 610 g/mol. The van der Waals surface area contributed by atoms with Gasteiger partial charge in [-0.25, -0.2) is 0 Å². The SMILES string of the molecule is CCCCCCCCCCCCCCCCCCC(O)C(=O)NC(CS(=O)(=O)O)C(O)CCCCCCCCCCCCCCCC. The molecule has 3 atom stereocenters. The second kappa shape index (κ2) is 33.8.